The highest BCUT2D eigenvalue weighted by Gasteiger charge is 2.34. The fourth-order valence-electron chi connectivity index (χ4n) is 2.18. The predicted molar refractivity (Wildman–Crippen MR) is 87.7 cm³/mol. The van der Waals surface area contributed by atoms with E-state index in [0.29, 0.717) is 0 Å². The van der Waals surface area contributed by atoms with Gasteiger partial charge in [-0.3, -0.25) is 15.1 Å². The number of para-hydroxylation sites is 1. The number of anilines is 2. The minimum absolute atomic E-state index is 0.168. The number of benzene rings is 1. The Bertz CT molecular complexity index is 967. The second-order valence-corrected chi connectivity index (χ2v) is 5.09. The van der Waals surface area contributed by atoms with Crippen LogP contribution < -0.4 is 10.1 Å². The number of ether oxygens (including phenoxy) is 1. The summed E-state index contributed by atoms with van der Waals surface area (Å²) in [5.74, 6) is -0.707. The van der Waals surface area contributed by atoms with Gasteiger partial charge in [-0.05, 0) is 24.3 Å². The molecule has 0 aliphatic carbocycles. The zero-order valence-corrected chi connectivity index (χ0v) is 13.3. The number of hydrogen-bond acceptors (Lipinski definition) is 7. The van der Waals surface area contributed by atoms with Crippen molar-refractivity contribution < 1.29 is 22.8 Å². The molecule has 0 aliphatic heterocycles. The molecule has 138 valence electrons. The maximum atomic E-state index is 13.1. The van der Waals surface area contributed by atoms with Crippen molar-refractivity contribution in [2.24, 2.45) is 0 Å². The molecule has 0 saturated heterocycles. The first kappa shape index (κ1) is 18.0. The third-order valence-electron chi connectivity index (χ3n) is 3.31. The molecule has 0 fully saturated rings. The third-order valence-corrected chi connectivity index (χ3v) is 3.31. The molecular formula is C16H10F3N5O3. The summed E-state index contributed by atoms with van der Waals surface area (Å²) >= 11 is 0. The van der Waals surface area contributed by atoms with Crippen LogP contribution in [0.2, 0.25) is 0 Å². The van der Waals surface area contributed by atoms with Crippen LogP contribution in [-0.4, -0.2) is 19.9 Å². The summed E-state index contributed by atoms with van der Waals surface area (Å²) in [6.07, 6.45) is -0.933. The molecule has 0 spiro atoms. The van der Waals surface area contributed by atoms with Crippen LogP contribution in [0.4, 0.5) is 30.4 Å². The molecule has 0 aliphatic rings. The zero-order chi connectivity index (χ0) is 19.4. The van der Waals surface area contributed by atoms with Gasteiger partial charge in [-0.15, -0.1) is 0 Å². The number of alkyl halides is 3. The van der Waals surface area contributed by atoms with E-state index in [4.69, 9.17) is 4.74 Å². The first-order valence-electron chi connectivity index (χ1n) is 7.37. The Morgan fingerprint density at radius 3 is 2.56 bits per heavy atom. The van der Waals surface area contributed by atoms with Gasteiger partial charge in [-0.2, -0.15) is 18.2 Å². The Morgan fingerprint density at radius 1 is 1.11 bits per heavy atom. The Labute approximate surface area is 149 Å². The van der Waals surface area contributed by atoms with Crippen LogP contribution in [0.15, 0.2) is 55.1 Å². The molecule has 27 heavy (non-hydrogen) atoms. The molecule has 11 heteroatoms. The van der Waals surface area contributed by atoms with Gasteiger partial charge < -0.3 is 10.1 Å². The summed E-state index contributed by atoms with van der Waals surface area (Å²) in [5.41, 5.74) is -2.09. The van der Waals surface area contributed by atoms with E-state index in [0.717, 1.165) is 18.5 Å². The second-order valence-electron chi connectivity index (χ2n) is 5.09. The van der Waals surface area contributed by atoms with Gasteiger partial charge in [-0.1, -0.05) is 12.1 Å². The normalized spacial score (nSPS) is 11.1. The van der Waals surface area contributed by atoms with E-state index in [2.05, 4.69) is 20.3 Å². The van der Waals surface area contributed by atoms with Crippen LogP contribution >= 0.6 is 0 Å². The highest BCUT2D eigenvalue weighted by atomic mass is 19.4. The van der Waals surface area contributed by atoms with Gasteiger partial charge in [0.25, 0.3) is 0 Å². The Kier molecular flexibility index (Phi) is 4.83. The van der Waals surface area contributed by atoms with Crippen LogP contribution in [-0.2, 0) is 6.18 Å². The standard InChI is InChI=1S/C16H10F3N5O3/c17-16(18,19)11-5-1-2-6-12(11)23-14-13(24(25)26)15(22-9-21-14)27-10-4-3-7-20-8-10/h1-9H,(H,21,22,23). The molecule has 0 saturated carbocycles. The summed E-state index contributed by atoms with van der Waals surface area (Å²) in [4.78, 5) is 21.8. The zero-order valence-electron chi connectivity index (χ0n) is 13.3. The summed E-state index contributed by atoms with van der Waals surface area (Å²) in [6, 6.07) is 7.58. The lowest BCUT2D eigenvalue weighted by atomic mass is 10.1. The maximum absolute atomic E-state index is 13.1. The number of halogens is 3. The van der Waals surface area contributed by atoms with E-state index >= 15 is 0 Å². The molecule has 0 radical (unpaired) electrons. The number of rotatable bonds is 5. The van der Waals surface area contributed by atoms with Gasteiger partial charge in [-0.25, -0.2) is 4.98 Å². The Hall–Kier alpha value is -3.76. The van der Waals surface area contributed by atoms with Crippen LogP contribution in [0.5, 0.6) is 11.6 Å². The highest BCUT2D eigenvalue weighted by molar-refractivity contribution is 5.70. The van der Waals surface area contributed by atoms with Crippen molar-refractivity contribution in [3.05, 3.63) is 70.8 Å². The van der Waals surface area contributed by atoms with E-state index in [9.17, 15) is 23.3 Å². The van der Waals surface area contributed by atoms with Crippen LogP contribution in [0.25, 0.3) is 0 Å². The molecule has 3 rings (SSSR count). The maximum Gasteiger partial charge on any atom is 0.418 e. The van der Waals surface area contributed by atoms with Crippen molar-refractivity contribution in [3.63, 3.8) is 0 Å². The lowest BCUT2D eigenvalue weighted by Crippen LogP contribution is -2.10. The van der Waals surface area contributed by atoms with Crippen molar-refractivity contribution in [2.75, 3.05) is 5.32 Å². The monoisotopic (exact) mass is 377 g/mol. The van der Waals surface area contributed by atoms with E-state index in [1.807, 2.05) is 0 Å². The third kappa shape index (κ3) is 4.08. The van der Waals surface area contributed by atoms with Gasteiger partial charge in [0.1, 0.15) is 12.1 Å². The molecule has 0 atom stereocenters. The van der Waals surface area contributed by atoms with Crippen molar-refractivity contribution in [2.45, 2.75) is 6.18 Å². The van der Waals surface area contributed by atoms with E-state index in [1.54, 1.807) is 6.07 Å². The molecule has 0 amide bonds. The van der Waals surface area contributed by atoms with E-state index < -0.39 is 34.0 Å². The van der Waals surface area contributed by atoms with Gasteiger partial charge in [0.05, 0.1) is 22.4 Å². The smallest absolute Gasteiger partial charge is 0.418 e. The molecule has 0 unspecified atom stereocenters. The van der Waals surface area contributed by atoms with E-state index in [-0.39, 0.29) is 11.4 Å². The second kappa shape index (κ2) is 7.23. The first-order chi connectivity index (χ1) is 12.9. The summed E-state index contributed by atoms with van der Waals surface area (Å²) in [6.45, 7) is 0. The van der Waals surface area contributed by atoms with E-state index in [1.165, 1.54) is 30.6 Å². The fourth-order valence-corrected chi connectivity index (χ4v) is 2.18. The molecule has 1 aromatic carbocycles. The van der Waals surface area contributed by atoms with Gasteiger partial charge >= 0.3 is 17.7 Å². The highest BCUT2D eigenvalue weighted by Crippen LogP contribution is 2.39. The van der Waals surface area contributed by atoms with Crippen LogP contribution in [0.3, 0.4) is 0 Å². The molecule has 2 heterocycles. The van der Waals surface area contributed by atoms with Crippen molar-refractivity contribution in [1.82, 2.24) is 15.0 Å². The largest absolute Gasteiger partial charge is 0.432 e. The minimum atomic E-state index is -4.65. The predicted octanol–water partition coefficient (Wildman–Crippen LogP) is 4.33. The number of nitro groups is 1. The summed E-state index contributed by atoms with van der Waals surface area (Å²) in [7, 11) is 0. The average molecular weight is 377 g/mol. The molecular weight excluding hydrogens is 367 g/mol. The van der Waals surface area contributed by atoms with Crippen LogP contribution in [0.1, 0.15) is 5.56 Å². The Balaban J connectivity index is 2.02. The van der Waals surface area contributed by atoms with Gasteiger partial charge in [0.2, 0.25) is 5.82 Å². The summed E-state index contributed by atoms with van der Waals surface area (Å²) < 4.78 is 44.7. The van der Waals surface area contributed by atoms with Gasteiger partial charge in [0, 0.05) is 6.20 Å². The number of nitrogens with one attached hydrogen (secondary N) is 1. The number of pyridine rings is 1. The summed E-state index contributed by atoms with van der Waals surface area (Å²) in [5, 5.41) is 13.8. The average Bonchev–Trinajstić information content (AvgIpc) is 2.62. The van der Waals surface area contributed by atoms with Crippen LogP contribution in [0, 0.1) is 10.1 Å². The SMILES string of the molecule is O=[N+]([O-])c1c(Nc2ccccc2C(F)(F)F)ncnc1Oc1cccnc1. The number of aromatic nitrogens is 3. The topological polar surface area (TPSA) is 103 Å². The lowest BCUT2D eigenvalue weighted by molar-refractivity contribution is -0.385. The number of hydrogen-bond donors (Lipinski definition) is 1. The lowest BCUT2D eigenvalue weighted by Gasteiger charge is -2.14. The first-order valence-corrected chi connectivity index (χ1v) is 7.37. The fraction of sp³-hybridized carbons (Fsp3) is 0.0625. The quantitative estimate of drug-likeness (QED) is 0.521. The molecule has 3 aromatic rings. The molecule has 8 nitrogen and oxygen atoms in total. The van der Waals surface area contributed by atoms with Crippen molar-refractivity contribution >= 4 is 17.2 Å². The van der Waals surface area contributed by atoms with Crippen molar-refractivity contribution in [1.29, 1.82) is 0 Å². The molecule has 1 N–H and O–H groups in total. The minimum Gasteiger partial charge on any atom is -0.432 e. The van der Waals surface area contributed by atoms with Crippen molar-refractivity contribution in [3.8, 4) is 11.6 Å². The Morgan fingerprint density at radius 2 is 1.89 bits per heavy atom. The molecule has 2 aromatic heterocycles. The molecule has 0 bridgehead atoms. The number of nitrogens with zero attached hydrogens (tertiary/aromatic N) is 4. The van der Waals surface area contributed by atoms with Gasteiger partial charge in [0.15, 0.2) is 0 Å².